The highest BCUT2D eigenvalue weighted by molar-refractivity contribution is 6.03. The maximum Gasteiger partial charge on any atom is 0.306 e. The number of rotatable bonds is 10. The first-order valence-corrected chi connectivity index (χ1v) is 19.7. The number of β-amino-alcohol motifs (C(OH)–C–C–N with tert-alkyl or cyclic N) is 1. The van der Waals surface area contributed by atoms with Gasteiger partial charge in [0.25, 0.3) is 5.91 Å². The molecule has 8 rings (SSSR count). The number of hydrogen-bond donors (Lipinski definition) is 3. The molecule has 2 aromatic carbocycles. The van der Waals surface area contributed by atoms with Crippen LogP contribution in [0.1, 0.15) is 82.1 Å². The first-order valence-electron chi connectivity index (χ1n) is 19.7. The minimum atomic E-state index is -0.665. The standard InChI is InChI=1S/C44H51N7O4/c1-27-32(21-38-41-33(14-17-45-38)20-30(22-46-41)24-50-18-15-34(52)25-50)6-4-7-35(27)36-8-5-9-37(28(36)2)48-43(53)42-47-39-26-51(19-16-40(39)49(42)3)23-29-10-12-31(13-11-29)44(54)55/h4-9,14,17,20,22,29,31,34,52H,10-13,15-16,18-19,21,23-26H2,1-3H3,(H,48,53)(H,54,55)/t29?,31?,34-/m1/s1. The van der Waals surface area contributed by atoms with Gasteiger partial charge in [0.15, 0.2) is 5.82 Å². The van der Waals surface area contributed by atoms with Crippen LogP contribution in [0.25, 0.3) is 22.0 Å². The number of aliphatic hydroxyl groups is 1. The highest BCUT2D eigenvalue weighted by Crippen LogP contribution is 2.34. The van der Waals surface area contributed by atoms with Crippen molar-refractivity contribution in [2.24, 2.45) is 18.9 Å². The molecule has 1 amide bonds. The summed E-state index contributed by atoms with van der Waals surface area (Å²) in [6.45, 7) is 9.15. The van der Waals surface area contributed by atoms with E-state index in [0.29, 0.717) is 31.3 Å². The van der Waals surface area contributed by atoms with Crippen LogP contribution >= 0.6 is 0 Å². The minimum Gasteiger partial charge on any atom is -0.481 e. The topological polar surface area (TPSA) is 137 Å². The number of aliphatic hydroxyl groups excluding tert-OH is 1. The van der Waals surface area contributed by atoms with Crippen LogP contribution in [0.2, 0.25) is 0 Å². The SMILES string of the molecule is Cc1c(Cc2nccc3cc(CN4CC[C@@H](O)C4)cnc23)cccc1-c1cccc(NC(=O)c2nc3c(n2C)CCN(CC2CCC(C(=O)O)CC2)C3)c1C. The molecule has 11 heteroatoms. The van der Waals surface area contributed by atoms with E-state index in [9.17, 15) is 19.8 Å². The van der Waals surface area contributed by atoms with E-state index in [0.717, 1.165) is 126 Å². The van der Waals surface area contributed by atoms with E-state index in [2.05, 4.69) is 59.3 Å². The second-order valence-electron chi connectivity index (χ2n) is 16.0. The molecule has 1 aliphatic carbocycles. The Morgan fingerprint density at radius 1 is 0.927 bits per heavy atom. The number of nitrogens with one attached hydrogen (secondary N) is 1. The molecule has 0 bridgehead atoms. The molecule has 3 aromatic heterocycles. The smallest absolute Gasteiger partial charge is 0.306 e. The third-order valence-corrected chi connectivity index (χ3v) is 12.3. The van der Waals surface area contributed by atoms with Crippen molar-refractivity contribution in [3.8, 4) is 11.1 Å². The van der Waals surface area contributed by atoms with Gasteiger partial charge in [-0.25, -0.2) is 4.98 Å². The Bertz CT molecular complexity index is 2240. The predicted octanol–water partition coefficient (Wildman–Crippen LogP) is 6.31. The van der Waals surface area contributed by atoms with Gasteiger partial charge >= 0.3 is 5.97 Å². The number of carbonyl (C=O) groups is 2. The van der Waals surface area contributed by atoms with Gasteiger partial charge in [-0.3, -0.25) is 29.4 Å². The van der Waals surface area contributed by atoms with Gasteiger partial charge in [0.2, 0.25) is 0 Å². The Kier molecular flexibility index (Phi) is 10.5. The molecule has 5 heterocycles. The van der Waals surface area contributed by atoms with Gasteiger partial charge in [-0.1, -0.05) is 30.3 Å². The van der Waals surface area contributed by atoms with Crippen molar-refractivity contribution in [3.05, 3.63) is 106 Å². The summed E-state index contributed by atoms with van der Waals surface area (Å²) < 4.78 is 1.95. The summed E-state index contributed by atoms with van der Waals surface area (Å²) in [6, 6.07) is 16.6. The molecule has 0 radical (unpaired) electrons. The quantitative estimate of drug-likeness (QED) is 0.151. The number of hydrogen-bond acceptors (Lipinski definition) is 8. The van der Waals surface area contributed by atoms with Gasteiger partial charge in [0, 0.05) is 88.3 Å². The first kappa shape index (κ1) is 37.0. The number of imidazole rings is 1. The molecule has 5 aromatic rings. The molecule has 1 saturated carbocycles. The van der Waals surface area contributed by atoms with Crippen LogP contribution < -0.4 is 5.32 Å². The summed E-state index contributed by atoms with van der Waals surface area (Å²) in [4.78, 5) is 44.4. The fourth-order valence-corrected chi connectivity index (χ4v) is 9.08. The van der Waals surface area contributed by atoms with Crippen molar-refractivity contribution < 1.29 is 19.8 Å². The van der Waals surface area contributed by atoms with Crippen molar-refractivity contribution in [2.45, 2.75) is 78.0 Å². The first-order chi connectivity index (χ1) is 26.6. The Labute approximate surface area is 322 Å². The fraction of sp³-hybridized carbons (Fsp3) is 0.432. The highest BCUT2D eigenvalue weighted by atomic mass is 16.4. The number of aromatic nitrogens is 4. The average molecular weight is 742 g/mol. The van der Waals surface area contributed by atoms with Gasteiger partial charge in [-0.2, -0.15) is 0 Å². The summed E-state index contributed by atoms with van der Waals surface area (Å²) in [7, 11) is 1.93. The lowest BCUT2D eigenvalue weighted by molar-refractivity contribution is -0.143. The van der Waals surface area contributed by atoms with E-state index in [1.54, 1.807) is 0 Å². The normalized spacial score (nSPS) is 20.5. The van der Waals surface area contributed by atoms with E-state index in [-0.39, 0.29) is 17.9 Å². The second-order valence-corrected chi connectivity index (χ2v) is 16.0. The van der Waals surface area contributed by atoms with Crippen LogP contribution in [0.4, 0.5) is 5.69 Å². The largest absolute Gasteiger partial charge is 0.481 e. The fourth-order valence-electron chi connectivity index (χ4n) is 9.08. The summed E-state index contributed by atoms with van der Waals surface area (Å²) in [5, 5.41) is 23.6. The number of likely N-dealkylation sites (tertiary alicyclic amines) is 1. The molecule has 3 N–H and O–H groups in total. The van der Waals surface area contributed by atoms with E-state index in [1.807, 2.05) is 42.2 Å². The number of fused-ring (bicyclic) bond motifs is 2. The molecule has 1 atom stereocenters. The van der Waals surface area contributed by atoms with Crippen molar-refractivity contribution in [3.63, 3.8) is 0 Å². The highest BCUT2D eigenvalue weighted by Gasteiger charge is 2.30. The van der Waals surface area contributed by atoms with E-state index < -0.39 is 5.97 Å². The molecular weight excluding hydrogens is 691 g/mol. The van der Waals surface area contributed by atoms with Crippen LogP contribution in [0.5, 0.6) is 0 Å². The Balaban J connectivity index is 0.959. The van der Waals surface area contributed by atoms with Gasteiger partial charge in [-0.05, 0) is 103 Å². The van der Waals surface area contributed by atoms with Crippen LogP contribution in [-0.4, -0.2) is 83.7 Å². The third-order valence-electron chi connectivity index (χ3n) is 12.3. The molecule has 286 valence electrons. The maximum atomic E-state index is 13.8. The monoisotopic (exact) mass is 741 g/mol. The van der Waals surface area contributed by atoms with Gasteiger partial charge in [0.05, 0.1) is 28.9 Å². The Morgan fingerprint density at radius 3 is 2.47 bits per heavy atom. The minimum absolute atomic E-state index is 0.201. The van der Waals surface area contributed by atoms with Gasteiger partial charge in [-0.15, -0.1) is 0 Å². The van der Waals surface area contributed by atoms with Crippen molar-refractivity contribution in [1.29, 1.82) is 0 Å². The number of carbonyl (C=O) groups excluding carboxylic acids is 1. The molecule has 2 fully saturated rings. The van der Waals surface area contributed by atoms with Crippen molar-refractivity contribution in [1.82, 2.24) is 29.3 Å². The lowest BCUT2D eigenvalue weighted by Crippen LogP contribution is -2.36. The van der Waals surface area contributed by atoms with Crippen LogP contribution in [0, 0.1) is 25.7 Å². The van der Waals surface area contributed by atoms with Crippen LogP contribution in [0.3, 0.4) is 0 Å². The number of aliphatic carboxylic acids is 1. The number of nitrogens with zero attached hydrogens (tertiary/aromatic N) is 6. The molecule has 2 aliphatic heterocycles. The van der Waals surface area contributed by atoms with Crippen LogP contribution in [0.15, 0.2) is 60.9 Å². The maximum absolute atomic E-state index is 13.8. The molecule has 1 saturated heterocycles. The molecular formula is C44H51N7O4. The zero-order valence-electron chi connectivity index (χ0n) is 32.1. The lowest BCUT2D eigenvalue weighted by atomic mass is 9.81. The predicted molar refractivity (Wildman–Crippen MR) is 213 cm³/mol. The number of pyridine rings is 2. The summed E-state index contributed by atoms with van der Waals surface area (Å²) in [5.41, 5.74) is 11.3. The summed E-state index contributed by atoms with van der Waals surface area (Å²) in [6.07, 6.45) is 9.27. The van der Waals surface area contributed by atoms with Crippen LogP contribution in [-0.2, 0) is 37.8 Å². The van der Waals surface area contributed by atoms with Gasteiger partial charge < -0.3 is 20.1 Å². The number of amides is 1. The van der Waals surface area contributed by atoms with E-state index in [1.165, 1.54) is 5.56 Å². The Morgan fingerprint density at radius 2 is 1.71 bits per heavy atom. The molecule has 0 unspecified atom stereocenters. The Hall–Kier alpha value is -4.97. The van der Waals surface area contributed by atoms with Crippen molar-refractivity contribution in [2.75, 3.05) is 31.5 Å². The number of carboxylic acid groups (broad SMARTS) is 1. The third kappa shape index (κ3) is 7.78. The average Bonchev–Trinajstić information content (AvgIpc) is 3.74. The van der Waals surface area contributed by atoms with E-state index >= 15 is 0 Å². The molecule has 11 nitrogen and oxygen atoms in total. The van der Waals surface area contributed by atoms with Crippen molar-refractivity contribution >= 4 is 28.5 Å². The zero-order valence-corrected chi connectivity index (χ0v) is 32.1. The number of carboxylic acids is 1. The number of benzene rings is 2. The number of anilines is 1. The lowest BCUT2D eigenvalue weighted by Gasteiger charge is -2.33. The molecule has 3 aliphatic rings. The van der Waals surface area contributed by atoms with E-state index in [4.69, 9.17) is 15.0 Å². The summed E-state index contributed by atoms with van der Waals surface area (Å²) in [5.74, 6) is -0.174. The second kappa shape index (κ2) is 15.6. The molecule has 55 heavy (non-hydrogen) atoms. The zero-order chi connectivity index (χ0) is 38.2. The summed E-state index contributed by atoms with van der Waals surface area (Å²) >= 11 is 0. The molecule has 0 spiro atoms. The van der Waals surface area contributed by atoms with Gasteiger partial charge in [0.1, 0.15) is 0 Å².